The summed E-state index contributed by atoms with van der Waals surface area (Å²) >= 11 is 5.82. The van der Waals surface area contributed by atoms with Crippen LogP contribution in [0.5, 0.6) is 0 Å². The van der Waals surface area contributed by atoms with E-state index in [2.05, 4.69) is 5.10 Å². The van der Waals surface area contributed by atoms with E-state index >= 15 is 0 Å². The molecule has 0 spiro atoms. The van der Waals surface area contributed by atoms with Gasteiger partial charge in [-0.2, -0.15) is 0 Å². The molecule has 0 N–H and O–H groups in total. The topological polar surface area (TPSA) is 27.1 Å². The molecule has 1 heterocycles. The fraction of sp³-hybridized carbons (Fsp3) is 0.250. The van der Waals surface area contributed by atoms with Gasteiger partial charge >= 0.3 is 0 Å². The number of hydrogen-bond acceptors (Lipinski definition) is 2. The SMILES string of the molecule is Cc1cnn(OCc2ccccc2)c1CCl. The lowest BCUT2D eigenvalue weighted by molar-refractivity contribution is 0.0651. The normalized spacial score (nSPS) is 10.4. The van der Waals surface area contributed by atoms with Crippen molar-refractivity contribution in [2.75, 3.05) is 0 Å². The predicted octanol–water partition coefficient (Wildman–Crippen LogP) is 2.56. The maximum absolute atomic E-state index is 5.82. The van der Waals surface area contributed by atoms with Crippen LogP contribution in [-0.4, -0.2) is 9.94 Å². The van der Waals surface area contributed by atoms with Gasteiger partial charge in [-0.25, -0.2) is 0 Å². The van der Waals surface area contributed by atoms with Crippen molar-refractivity contribution in [3.63, 3.8) is 0 Å². The van der Waals surface area contributed by atoms with Gasteiger partial charge in [0.05, 0.1) is 17.8 Å². The van der Waals surface area contributed by atoms with Crippen molar-refractivity contribution in [1.29, 1.82) is 0 Å². The van der Waals surface area contributed by atoms with E-state index in [0.29, 0.717) is 12.5 Å². The van der Waals surface area contributed by atoms with E-state index in [4.69, 9.17) is 16.4 Å². The van der Waals surface area contributed by atoms with Crippen LogP contribution in [-0.2, 0) is 12.5 Å². The summed E-state index contributed by atoms with van der Waals surface area (Å²) < 4.78 is 0. The Morgan fingerprint density at radius 3 is 2.75 bits per heavy atom. The molecule has 0 aliphatic heterocycles. The van der Waals surface area contributed by atoms with Crippen LogP contribution in [0.2, 0.25) is 0 Å². The Kier molecular flexibility index (Phi) is 3.47. The number of nitrogens with zero attached hydrogens (tertiary/aromatic N) is 2. The number of benzene rings is 1. The summed E-state index contributed by atoms with van der Waals surface area (Å²) in [6.07, 6.45) is 1.75. The van der Waals surface area contributed by atoms with Gasteiger partial charge < -0.3 is 4.84 Å². The molecule has 0 radical (unpaired) electrons. The van der Waals surface area contributed by atoms with Crippen molar-refractivity contribution in [2.24, 2.45) is 0 Å². The van der Waals surface area contributed by atoms with Crippen LogP contribution >= 0.6 is 11.6 Å². The summed E-state index contributed by atoms with van der Waals surface area (Å²) in [6, 6.07) is 9.96. The largest absolute Gasteiger partial charge is 0.392 e. The molecule has 1 aromatic carbocycles. The van der Waals surface area contributed by atoms with Gasteiger partial charge in [-0.3, -0.25) is 0 Å². The van der Waals surface area contributed by atoms with Gasteiger partial charge in [0.1, 0.15) is 6.61 Å². The van der Waals surface area contributed by atoms with E-state index in [1.54, 1.807) is 6.20 Å². The van der Waals surface area contributed by atoms with Crippen molar-refractivity contribution in [3.8, 4) is 0 Å². The smallest absolute Gasteiger partial charge is 0.142 e. The van der Waals surface area contributed by atoms with E-state index in [9.17, 15) is 0 Å². The van der Waals surface area contributed by atoms with Crippen LogP contribution in [0.3, 0.4) is 0 Å². The molecule has 2 rings (SSSR count). The molecule has 0 fully saturated rings. The monoisotopic (exact) mass is 236 g/mol. The van der Waals surface area contributed by atoms with E-state index in [0.717, 1.165) is 16.8 Å². The maximum Gasteiger partial charge on any atom is 0.142 e. The lowest BCUT2D eigenvalue weighted by Gasteiger charge is -2.07. The third kappa shape index (κ3) is 2.36. The minimum Gasteiger partial charge on any atom is -0.392 e. The number of hydrogen-bond donors (Lipinski definition) is 0. The predicted molar refractivity (Wildman–Crippen MR) is 63.2 cm³/mol. The number of halogens is 1. The molecular weight excluding hydrogens is 224 g/mol. The molecular formula is C12H13ClN2O. The van der Waals surface area contributed by atoms with Crippen LogP contribution in [0.25, 0.3) is 0 Å². The number of alkyl halides is 1. The van der Waals surface area contributed by atoms with Crippen molar-refractivity contribution < 1.29 is 4.84 Å². The first-order chi connectivity index (χ1) is 7.81. The minimum atomic E-state index is 0.403. The van der Waals surface area contributed by atoms with Crippen LogP contribution in [0.1, 0.15) is 16.8 Å². The fourth-order valence-electron chi connectivity index (χ4n) is 1.41. The molecule has 16 heavy (non-hydrogen) atoms. The zero-order valence-corrected chi connectivity index (χ0v) is 9.81. The number of aromatic nitrogens is 2. The summed E-state index contributed by atoms with van der Waals surface area (Å²) in [4.78, 5) is 7.05. The second-order valence-corrected chi connectivity index (χ2v) is 3.81. The summed E-state index contributed by atoms with van der Waals surface area (Å²) in [7, 11) is 0. The van der Waals surface area contributed by atoms with Gasteiger partial charge in [0.15, 0.2) is 0 Å². The van der Waals surface area contributed by atoms with Gasteiger partial charge in [0, 0.05) is 0 Å². The molecule has 1 aromatic heterocycles. The highest BCUT2D eigenvalue weighted by Crippen LogP contribution is 2.09. The Hall–Kier alpha value is -1.48. The number of rotatable bonds is 4. The summed E-state index contributed by atoms with van der Waals surface area (Å²) in [6.45, 7) is 2.46. The average molecular weight is 237 g/mol. The van der Waals surface area contributed by atoms with Crippen molar-refractivity contribution in [1.82, 2.24) is 9.94 Å². The van der Waals surface area contributed by atoms with Crippen molar-refractivity contribution in [2.45, 2.75) is 19.4 Å². The fourth-order valence-corrected chi connectivity index (χ4v) is 1.72. The van der Waals surface area contributed by atoms with Gasteiger partial charge in [0.25, 0.3) is 0 Å². The van der Waals surface area contributed by atoms with Gasteiger partial charge in [-0.05, 0) is 18.1 Å². The molecule has 0 aliphatic carbocycles. The first-order valence-electron chi connectivity index (χ1n) is 5.08. The van der Waals surface area contributed by atoms with Crippen molar-refractivity contribution in [3.05, 3.63) is 53.3 Å². The van der Waals surface area contributed by atoms with Crippen molar-refractivity contribution >= 4 is 11.6 Å². The summed E-state index contributed by atoms with van der Waals surface area (Å²) in [5.74, 6) is 0.403. The average Bonchev–Trinajstić information content (AvgIpc) is 2.68. The molecule has 2 aromatic rings. The molecule has 4 heteroatoms. The Morgan fingerprint density at radius 1 is 1.31 bits per heavy atom. The zero-order chi connectivity index (χ0) is 11.4. The molecule has 3 nitrogen and oxygen atoms in total. The second-order valence-electron chi connectivity index (χ2n) is 3.54. The Morgan fingerprint density at radius 2 is 2.06 bits per heavy atom. The van der Waals surface area contributed by atoms with Gasteiger partial charge in [-0.15, -0.1) is 21.5 Å². The van der Waals surface area contributed by atoms with E-state index in [-0.39, 0.29) is 0 Å². The van der Waals surface area contributed by atoms with Gasteiger partial charge in [0.2, 0.25) is 0 Å². The molecule has 0 amide bonds. The standard InChI is InChI=1S/C12H13ClN2O/c1-10-8-14-15(12(10)7-13)16-9-11-5-3-2-4-6-11/h2-6,8H,7,9H2,1H3. The summed E-state index contributed by atoms with van der Waals surface area (Å²) in [5.41, 5.74) is 3.05. The van der Waals surface area contributed by atoms with E-state index in [1.165, 1.54) is 4.85 Å². The van der Waals surface area contributed by atoms with Crippen LogP contribution in [0.15, 0.2) is 36.5 Å². The minimum absolute atomic E-state index is 0.403. The lowest BCUT2D eigenvalue weighted by Crippen LogP contribution is -2.15. The van der Waals surface area contributed by atoms with Crippen LogP contribution in [0, 0.1) is 6.92 Å². The molecule has 0 saturated carbocycles. The third-order valence-electron chi connectivity index (χ3n) is 2.37. The van der Waals surface area contributed by atoms with E-state index in [1.807, 2.05) is 37.3 Å². The zero-order valence-electron chi connectivity index (χ0n) is 9.06. The second kappa shape index (κ2) is 5.03. The Bertz CT molecular complexity index is 453. The highest BCUT2D eigenvalue weighted by atomic mass is 35.5. The number of aryl methyl sites for hydroxylation is 1. The molecule has 84 valence electrons. The van der Waals surface area contributed by atoms with Crippen LogP contribution in [0.4, 0.5) is 0 Å². The Balaban J connectivity index is 2.05. The highest BCUT2D eigenvalue weighted by molar-refractivity contribution is 6.17. The Labute approximate surface area is 99.6 Å². The first kappa shape index (κ1) is 11.0. The molecule has 0 saturated heterocycles. The quantitative estimate of drug-likeness (QED) is 0.763. The molecule has 0 aliphatic rings. The molecule has 0 bridgehead atoms. The van der Waals surface area contributed by atoms with Crippen LogP contribution < -0.4 is 4.84 Å². The highest BCUT2D eigenvalue weighted by Gasteiger charge is 2.06. The van der Waals surface area contributed by atoms with E-state index < -0.39 is 0 Å². The first-order valence-corrected chi connectivity index (χ1v) is 5.61. The molecule has 0 atom stereocenters. The maximum atomic E-state index is 5.82. The van der Waals surface area contributed by atoms with Gasteiger partial charge in [-0.1, -0.05) is 30.3 Å². The summed E-state index contributed by atoms with van der Waals surface area (Å²) in [5, 5.41) is 4.11. The molecule has 0 unspecified atom stereocenters. The third-order valence-corrected chi connectivity index (χ3v) is 2.62. The lowest BCUT2D eigenvalue weighted by atomic mass is 10.2.